The Hall–Kier alpha value is -3.05. The van der Waals surface area contributed by atoms with Gasteiger partial charge in [-0.1, -0.05) is 84.6 Å². The molecule has 2 N–H and O–H groups in total. The van der Waals surface area contributed by atoms with Crippen molar-refractivity contribution in [1.82, 2.24) is 15.3 Å². The number of amides is 1. The minimum Gasteiger partial charge on any atom is -0.344 e. The molecule has 0 fully saturated rings. The summed E-state index contributed by atoms with van der Waals surface area (Å²) < 4.78 is 0. The molecule has 0 aliphatic carbocycles. The maximum absolute atomic E-state index is 12.9. The number of carbonyl (C=O) groups is 1. The average Bonchev–Trinajstić information content (AvgIpc) is 3.15. The van der Waals surface area contributed by atoms with Crippen molar-refractivity contribution in [3.8, 4) is 0 Å². The van der Waals surface area contributed by atoms with E-state index in [1.165, 1.54) is 11.8 Å². The minimum absolute atomic E-state index is 0.0248. The van der Waals surface area contributed by atoms with Gasteiger partial charge in [0.25, 0.3) is 0 Å². The van der Waals surface area contributed by atoms with Crippen molar-refractivity contribution in [3.05, 3.63) is 96.1 Å². The van der Waals surface area contributed by atoms with Gasteiger partial charge in [-0.2, -0.15) is 0 Å². The molecule has 0 spiro atoms. The van der Waals surface area contributed by atoms with E-state index in [4.69, 9.17) is 0 Å². The third-order valence-corrected chi connectivity index (χ3v) is 5.56. The van der Waals surface area contributed by atoms with Crippen molar-refractivity contribution in [2.45, 2.75) is 23.4 Å². The van der Waals surface area contributed by atoms with Crippen molar-refractivity contribution in [3.63, 3.8) is 0 Å². The molecular formula is C23H21N3OS. The number of hydrogen-bond donors (Lipinski definition) is 2. The molecule has 0 aliphatic rings. The number of nitrogens with zero attached hydrogens (tertiary/aromatic N) is 1. The molecule has 140 valence electrons. The summed E-state index contributed by atoms with van der Waals surface area (Å²) in [6.45, 7) is 1.90. The van der Waals surface area contributed by atoms with Crippen molar-refractivity contribution < 1.29 is 4.79 Å². The lowest BCUT2D eigenvalue weighted by Crippen LogP contribution is -2.35. The van der Waals surface area contributed by atoms with E-state index in [-0.39, 0.29) is 17.2 Å². The number of para-hydroxylation sites is 2. The Morgan fingerprint density at radius 3 is 2.07 bits per heavy atom. The molecule has 0 saturated carbocycles. The molecule has 0 aliphatic heterocycles. The summed E-state index contributed by atoms with van der Waals surface area (Å²) in [5.74, 6) is -0.0248. The Kier molecular flexibility index (Phi) is 5.44. The number of thioether (sulfide) groups is 1. The van der Waals surface area contributed by atoms with Gasteiger partial charge in [-0.05, 0) is 30.2 Å². The summed E-state index contributed by atoms with van der Waals surface area (Å²) in [5.41, 5.74) is 4.00. The fourth-order valence-corrected chi connectivity index (χ4v) is 3.95. The highest BCUT2D eigenvalue weighted by Gasteiger charge is 2.22. The standard InChI is InChI=1S/C23H21N3OS/c1-16(28-23-24-19-14-8-9-15-20(19)25-23)22(27)26-21(17-10-4-2-5-11-17)18-12-6-3-7-13-18/h2-16,21H,1H3,(H,24,25)(H,26,27)/t16-/m0/s1. The zero-order valence-corrected chi connectivity index (χ0v) is 16.3. The summed E-state index contributed by atoms with van der Waals surface area (Å²) in [6.07, 6.45) is 0. The number of hydrogen-bond acceptors (Lipinski definition) is 3. The number of fused-ring (bicyclic) bond motifs is 1. The summed E-state index contributed by atoms with van der Waals surface area (Å²) in [4.78, 5) is 20.8. The highest BCUT2D eigenvalue weighted by molar-refractivity contribution is 8.00. The molecule has 4 nitrogen and oxygen atoms in total. The molecule has 4 rings (SSSR count). The second-order valence-electron chi connectivity index (χ2n) is 6.58. The van der Waals surface area contributed by atoms with Gasteiger partial charge < -0.3 is 10.3 Å². The smallest absolute Gasteiger partial charge is 0.234 e. The zero-order valence-electron chi connectivity index (χ0n) is 15.5. The van der Waals surface area contributed by atoms with Crippen LogP contribution in [0.5, 0.6) is 0 Å². The van der Waals surface area contributed by atoms with Gasteiger partial charge in [0.2, 0.25) is 5.91 Å². The monoisotopic (exact) mass is 387 g/mol. The van der Waals surface area contributed by atoms with Gasteiger partial charge in [-0.25, -0.2) is 4.98 Å². The molecular weight excluding hydrogens is 366 g/mol. The number of H-pyrrole nitrogens is 1. The predicted octanol–water partition coefficient (Wildman–Crippen LogP) is 4.95. The first-order valence-electron chi connectivity index (χ1n) is 9.22. The number of nitrogens with one attached hydrogen (secondary N) is 2. The SMILES string of the molecule is C[C@H](Sc1nc2ccccc2[nH]1)C(=O)NC(c1ccccc1)c1ccccc1. The molecule has 0 unspecified atom stereocenters. The molecule has 0 bridgehead atoms. The summed E-state index contributed by atoms with van der Waals surface area (Å²) in [7, 11) is 0. The van der Waals surface area contributed by atoms with Gasteiger partial charge in [-0.15, -0.1) is 0 Å². The van der Waals surface area contributed by atoms with E-state index in [2.05, 4.69) is 15.3 Å². The Balaban J connectivity index is 1.52. The molecule has 0 saturated heterocycles. The molecule has 1 heterocycles. The first-order valence-corrected chi connectivity index (χ1v) is 10.1. The van der Waals surface area contributed by atoms with Gasteiger partial charge in [0, 0.05) is 0 Å². The fourth-order valence-electron chi connectivity index (χ4n) is 3.12. The van der Waals surface area contributed by atoms with E-state index in [0.29, 0.717) is 0 Å². The Bertz CT molecular complexity index is 990. The number of benzene rings is 3. The van der Waals surface area contributed by atoms with Crippen LogP contribution >= 0.6 is 11.8 Å². The molecule has 4 aromatic rings. The van der Waals surface area contributed by atoms with E-state index in [0.717, 1.165) is 27.3 Å². The van der Waals surface area contributed by atoms with Crippen LogP contribution in [-0.2, 0) is 4.79 Å². The second-order valence-corrected chi connectivity index (χ2v) is 7.91. The van der Waals surface area contributed by atoms with E-state index in [9.17, 15) is 4.79 Å². The minimum atomic E-state index is -0.282. The van der Waals surface area contributed by atoms with Crippen LogP contribution in [0.25, 0.3) is 11.0 Å². The maximum atomic E-state index is 12.9. The van der Waals surface area contributed by atoms with Gasteiger partial charge in [0.1, 0.15) is 0 Å². The highest BCUT2D eigenvalue weighted by Crippen LogP contribution is 2.26. The molecule has 0 radical (unpaired) electrons. The topological polar surface area (TPSA) is 57.8 Å². The van der Waals surface area contributed by atoms with E-state index >= 15 is 0 Å². The molecule has 5 heteroatoms. The van der Waals surface area contributed by atoms with Gasteiger partial charge in [-0.3, -0.25) is 4.79 Å². The van der Waals surface area contributed by atoms with Crippen molar-refractivity contribution in [2.75, 3.05) is 0 Å². The van der Waals surface area contributed by atoms with Crippen LogP contribution in [0.3, 0.4) is 0 Å². The molecule has 1 atom stereocenters. The first kappa shape index (κ1) is 18.3. The van der Waals surface area contributed by atoms with Crippen LogP contribution in [-0.4, -0.2) is 21.1 Å². The van der Waals surface area contributed by atoms with Crippen LogP contribution in [0, 0.1) is 0 Å². The lowest BCUT2D eigenvalue weighted by molar-refractivity contribution is -0.120. The lowest BCUT2D eigenvalue weighted by atomic mass is 9.98. The largest absolute Gasteiger partial charge is 0.344 e. The quantitative estimate of drug-likeness (QED) is 0.460. The molecule has 1 amide bonds. The van der Waals surface area contributed by atoms with Gasteiger partial charge in [0.05, 0.1) is 22.3 Å². The van der Waals surface area contributed by atoms with Gasteiger partial charge in [0.15, 0.2) is 5.16 Å². The normalized spacial score (nSPS) is 12.2. The number of imidazole rings is 1. The Labute approximate surface area is 168 Å². The third kappa shape index (κ3) is 4.10. The number of rotatable bonds is 6. The molecule has 1 aromatic heterocycles. The summed E-state index contributed by atoms with van der Waals surface area (Å²) >= 11 is 1.43. The maximum Gasteiger partial charge on any atom is 0.234 e. The highest BCUT2D eigenvalue weighted by atomic mass is 32.2. The van der Waals surface area contributed by atoms with Crippen molar-refractivity contribution in [1.29, 1.82) is 0 Å². The van der Waals surface area contributed by atoms with Crippen LogP contribution in [0.1, 0.15) is 24.1 Å². The van der Waals surface area contributed by atoms with Crippen LogP contribution in [0.2, 0.25) is 0 Å². The third-order valence-electron chi connectivity index (χ3n) is 4.58. The fraction of sp³-hybridized carbons (Fsp3) is 0.130. The number of carbonyl (C=O) groups excluding carboxylic acids is 1. The molecule has 3 aromatic carbocycles. The second kappa shape index (κ2) is 8.31. The number of aromatic nitrogens is 2. The predicted molar refractivity (Wildman–Crippen MR) is 114 cm³/mol. The lowest BCUT2D eigenvalue weighted by Gasteiger charge is -2.21. The van der Waals surface area contributed by atoms with Crippen LogP contribution in [0.15, 0.2) is 90.1 Å². The van der Waals surface area contributed by atoms with Crippen molar-refractivity contribution in [2.24, 2.45) is 0 Å². The Morgan fingerprint density at radius 2 is 1.46 bits per heavy atom. The molecule has 28 heavy (non-hydrogen) atoms. The van der Waals surface area contributed by atoms with E-state index in [1.54, 1.807) is 0 Å². The van der Waals surface area contributed by atoms with Gasteiger partial charge >= 0.3 is 0 Å². The Morgan fingerprint density at radius 1 is 0.893 bits per heavy atom. The zero-order chi connectivity index (χ0) is 19.3. The summed E-state index contributed by atoms with van der Waals surface area (Å²) in [5, 5.41) is 3.67. The number of aromatic amines is 1. The van der Waals surface area contributed by atoms with E-state index < -0.39 is 0 Å². The van der Waals surface area contributed by atoms with Crippen LogP contribution < -0.4 is 5.32 Å². The first-order chi connectivity index (χ1) is 13.7. The van der Waals surface area contributed by atoms with Crippen molar-refractivity contribution >= 4 is 28.7 Å². The average molecular weight is 388 g/mol. The van der Waals surface area contributed by atoms with Crippen LogP contribution in [0.4, 0.5) is 0 Å². The van der Waals surface area contributed by atoms with E-state index in [1.807, 2.05) is 91.9 Å². The summed E-state index contributed by atoms with van der Waals surface area (Å²) in [6, 6.07) is 27.7.